The van der Waals surface area contributed by atoms with Crippen molar-refractivity contribution in [2.24, 2.45) is 5.92 Å². The van der Waals surface area contributed by atoms with Crippen LogP contribution in [-0.2, 0) is 5.41 Å². The molecule has 2 aromatic carbocycles. The van der Waals surface area contributed by atoms with Crippen LogP contribution in [0.4, 0.5) is 0 Å². The van der Waals surface area contributed by atoms with Crippen LogP contribution in [0.15, 0.2) is 84.5 Å². The normalized spacial score (nSPS) is 27.3. The number of hydrogen-bond donors (Lipinski definition) is 0. The van der Waals surface area contributed by atoms with Gasteiger partial charge in [-0.1, -0.05) is 78.9 Å². The SMILES string of the molecule is C1=CC(C2(c3ccccc3)C3=CCCC=C3c3ccccc32)CCC1. The van der Waals surface area contributed by atoms with Gasteiger partial charge in [-0.2, -0.15) is 0 Å². The van der Waals surface area contributed by atoms with E-state index in [0.717, 1.165) is 6.42 Å². The number of allylic oxidation sites excluding steroid dienone is 6. The first-order valence-corrected chi connectivity index (χ1v) is 9.65. The Morgan fingerprint density at radius 1 is 0.800 bits per heavy atom. The Morgan fingerprint density at radius 2 is 1.60 bits per heavy atom. The molecule has 25 heavy (non-hydrogen) atoms. The highest BCUT2D eigenvalue weighted by Crippen LogP contribution is 2.60. The maximum atomic E-state index is 2.53. The maximum Gasteiger partial charge on any atom is 0.0522 e. The summed E-state index contributed by atoms with van der Waals surface area (Å²) in [5.41, 5.74) is 7.46. The number of benzene rings is 2. The Balaban J connectivity index is 1.86. The van der Waals surface area contributed by atoms with Gasteiger partial charge in [-0.05, 0) is 65.9 Å². The van der Waals surface area contributed by atoms with Crippen LogP contribution >= 0.6 is 0 Å². The van der Waals surface area contributed by atoms with Gasteiger partial charge in [-0.3, -0.25) is 0 Å². The molecule has 0 spiro atoms. The molecule has 124 valence electrons. The molecule has 0 saturated carbocycles. The summed E-state index contributed by atoms with van der Waals surface area (Å²) in [6.07, 6.45) is 16.0. The summed E-state index contributed by atoms with van der Waals surface area (Å²) in [6.45, 7) is 0. The van der Waals surface area contributed by atoms with Crippen LogP contribution < -0.4 is 0 Å². The van der Waals surface area contributed by atoms with Gasteiger partial charge in [0.15, 0.2) is 0 Å². The van der Waals surface area contributed by atoms with Crippen LogP contribution in [0.1, 0.15) is 48.8 Å². The first-order chi connectivity index (χ1) is 12.4. The molecule has 2 aromatic rings. The Labute approximate surface area is 150 Å². The van der Waals surface area contributed by atoms with Gasteiger partial charge in [0.05, 0.1) is 5.41 Å². The maximum absolute atomic E-state index is 2.53. The number of fused-ring (bicyclic) bond motifs is 3. The lowest BCUT2D eigenvalue weighted by Crippen LogP contribution is -2.36. The van der Waals surface area contributed by atoms with E-state index >= 15 is 0 Å². The molecule has 2 unspecified atom stereocenters. The van der Waals surface area contributed by atoms with E-state index in [1.54, 1.807) is 5.57 Å². The Morgan fingerprint density at radius 3 is 2.44 bits per heavy atom. The fourth-order valence-corrected chi connectivity index (χ4v) is 5.31. The van der Waals surface area contributed by atoms with Crippen LogP contribution in [0.5, 0.6) is 0 Å². The third-order valence-electron chi connectivity index (χ3n) is 6.26. The third-order valence-corrected chi connectivity index (χ3v) is 6.26. The van der Waals surface area contributed by atoms with E-state index in [9.17, 15) is 0 Å². The molecular weight excluding hydrogens is 300 g/mol. The second-order valence-corrected chi connectivity index (χ2v) is 7.50. The second kappa shape index (κ2) is 5.88. The molecule has 0 bridgehead atoms. The summed E-state index contributed by atoms with van der Waals surface area (Å²) in [7, 11) is 0. The predicted octanol–water partition coefficient (Wildman–Crippen LogP) is 6.45. The average molecular weight is 324 g/mol. The largest absolute Gasteiger partial charge is 0.0882 e. The molecule has 5 rings (SSSR count). The molecule has 0 saturated heterocycles. The van der Waals surface area contributed by atoms with Gasteiger partial charge < -0.3 is 0 Å². The van der Waals surface area contributed by atoms with Crippen molar-refractivity contribution in [2.45, 2.75) is 37.5 Å². The highest BCUT2D eigenvalue weighted by Gasteiger charge is 2.51. The number of hydrogen-bond acceptors (Lipinski definition) is 0. The van der Waals surface area contributed by atoms with Crippen molar-refractivity contribution < 1.29 is 0 Å². The first kappa shape index (κ1) is 15.0. The lowest BCUT2D eigenvalue weighted by molar-refractivity contribution is 0.404. The summed E-state index contributed by atoms with van der Waals surface area (Å²) in [5, 5.41) is 0. The Bertz CT molecular complexity index is 881. The zero-order chi connectivity index (χ0) is 16.7. The molecule has 0 amide bonds. The van der Waals surface area contributed by atoms with Crippen molar-refractivity contribution >= 4 is 5.57 Å². The third kappa shape index (κ3) is 2.07. The molecule has 0 aliphatic heterocycles. The van der Waals surface area contributed by atoms with Crippen molar-refractivity contribution in [1.82, 2.24) is 0 Å². The van der Waals surface area contributed by atoms with E-state index in [1.165, 1.54) is 47.9 Å². The summed E-state index contributed by atoms with van der Waals surface area (Å²) >= 11 is 0. The fourth-order valence-electron chi connectivity index (χ4n) is 5.31. The standard InChI is InChI=1S/C25H24/c1-3-11-19(12-4-1)25(20-13-5-2-6-14-20)23-17-9-7-15-21(23)22-16-8-10-18-24(22)25/h1,3-5,7,9,11-13,15-18,20H,2,6,8,10,14H2. The van der Waals surface area contributed by atoms with Crippen LogP contribution in [0.25, 0.3) is 5.57 Å². The summed E-state index contributed by atoms with van der Waals surface area (Å²) in [4.78, 5) is 0. The van der Waals surface area contributed by atoms with Gasteiger partial charge in [-0.25, -0.2) is 0 Å². The van der Waals surface area contributed by atoms with Gasteiger partial charge >= 0.3 is 0 Å². The van der Waals surface area contributed by atoms with Crippen LogP contribution in [0, 0.1) is 5.92 Å². The molecule has 0 N–H and O–H groups in total. The molecule has 0 heterocycles. The van der Waals surface area contributed by atoms with Crippen LogP contribution in [-0.4, -0.2) is 0 Å². The van der Waals surface area contributed by atoms with Crippen LogP contribution in [0.3, 0.4) is 0 Å². The quantitative estimate of drug-likeness (QED) is 0.557. The molecule has 0 heteroatoms. The van der Waals surface area contributed by atoms with Gasteiger partial charge in [0.2, 0.25) is 0 Å². The lowest BCUT2D eigenvalue weighted by atomic mass is 9.61. The monoisotopic (exact) mass is 324 g/mol. The van der Waals surface area contributed by atoms with Gasteiger partial charge in [0, 0.05) is 0 Å². The van der Waals surface area contributed by atoms with E-state index in [2.05, 4.69) is 78.9 Å². The van der Waals surface area contributed by atoms with Crippen molar-refractivity contribution in [3.05, 3.63) is 101 Å². The van der Waals surface area contributed by atoms with E-state index in [1.807, 2.05) is 0 Å². The molecule has 0 fully saturated rings. The zero-order valence-corrected chi connectivity index (χ0v) is 14.6. The smallest absolute Gasteiger partial charge is 0.0522 e. The minimum absolute atomic E-state index is 0.0129. The molecule has 0 nitrogen and oxygen atoms in total. The predicted molar refractivity (Wildman–Crippen MR) is 105 cm³/mol. The van der Waals surface area contributed by atoms with Crippen molar-refractivity contribution in [2.75, 3.05) is 0 Å². The van der Waals surface area contributed by atoms with E-state index < -0.39 is 0 Å². The second-order valence-electron chi connectivity index (χ2n) is 7.50. The summed E-state index contributed by atoms with van der Waals surface area (Å²) in [5.74, 6) is 0.542. The molecule has 3 aliphatic rings. The van der Waals surface area contributed by atoms with Gasteiger partial charge in [0.1, 0.15) is 0 Å². The zero-order valence-electron chi connectivity index (χ0n) is 14.6. The molecule has 0 radical (unpaired) electrons. The molecule has 3 aliphatic carbocycles. The van der Waals surface area contributed by atoms with E-state index in [-0.39, 0.29) is 5.41 Å². The molecule has 2 atom stereocenters. The van der Waals surface area contributed by atoms with Crippen LogP contribution in [0.2, 0.25) is 0 Å². The molecule has 0 aromatic heterocycles. The Hall–Kier alpha value is -2.34. The fraction of sp³-hybridized carbons (Fsp3) is 0.280. The van der Waals surface area contributed by atoms with Gasteiger partial charge in [-0.15, -0.1) is 0 Å². The number of rotatable bonds is 2. The highest BCUT2D eigenvalue weighted by atomic mass is 14.5. The van der Waals surface area contributed by atoms with E-state index in [0.29, 0.717) is 5.92 Å². The Kier molecular flexibility index (Phi) is 3.52. The van der Waals surface area contributed by atoms with Crippen molar-refractivity contribution in [1.29, 1.82) is 0 Å². The lowest BCUT2D eigenvalue weighted by Gasteiger charge is -2.41. The van der Waals surface area contributed by atoms with Gasteiger partial charge in [0.25, 0.3) is 0 Å². The summed E-state index contributed by atoms with van der Waals surface area (Å²) < 4.78 is 0. The minimum atomic E-state index is -0.0129. The first-order valence-electron chi connectivity index (χ1n) is 9.65. The van der Waals surface area contributed by atoms with E-state index in [4.69, 9.17) is 0 Å². The average Bonchev–Trinajstić information content (AvgIpc) is 3.01. The minimum Gasteiger partial charge on any atom is -0.0882 e. The topological polar surface area (TPSA) is 0 Å². The van der Waals surface area contributed by atoms with Crippen molar-refractivity contribution in [3.63, 3.8) is 0 Å². The summed E-state index contributed by atoms with van der Waals surface area (Å²) in [6, 6.07) is 20.4. The highest BCUT2D eigenvalue weighted by molar-refractivity contribution is 5.92. The molecular formula is C25H24. The van der Waals surface area contributed by atoms with Crippen molar-refractivity contribution in [3.8, 4) is 0 Å².